The van der Waals surface area contributed by atoms with E-state index >= 15 is 0 Å². The molecule has 1 aromatic carbocycles. The van der Waals surface area contributed by atoms with Gasteiger partial charge < -0.3 is 4.90 Å². The normalized spacial score (nSPS) is 21.1. The summed E-state index contributed by atoms with van der Waals surface area (Å²) in [6.07, 6.45) is 3.40. The number of thiophene rings is 1. The van der Waals surface area contributed by atoms with E-state index < -0.39 is 10.0 Å². The molecule has 3 heterocycles. The van der Waals surface area contributed by atoms with Gasteiger partial charge in [0.25, 0.3) is 10.0 Å². The van der Waals surface area contributed by atoms with Crippen molar-refractivity contribution in [3.8, 4) is 0 Å². The summed E-state index contributed by atoms with van der Waals surface area (Å²) in [5.74, 6) is -0.217. The number of hydrogen-bond acceptors (Lipinski definition) is 4. The third kappa shape index (κ3) is 3.56. The lowest BCUT2D eigenvalue weighted by Crippen LogP contribution is -2.47. The van der Waals surface area contributed by atoms with Crippen LogP contribution in [0.4, 0.5) is 5.69 Å². The summed E-state index contributed by atoms with van der Waals surface area (Å²) < 4.78 is 27.8. The van der Waals surface area contributed by atoms with Gasteiger partial charge in [-0.2, -0.15) is 4.31 Å². The van der Waals surface area contributed by atoms with Crippen molar-refractivity contribution < 1.29 is 13.2 Å². The maximum Gasteiger partial charge on any atom is 0.252 e. The third-order valence-corrected chi connectivity index (χ3v) is 8.75. The number of carbonyl (C=O) groups excluding carboxylic acids is 1. The van der Waals surface area contributed by atoms with Crippen LogP contribution in [0.25, 0.3) is 0 Å². The molecule has 2 aliphatic heterocycles. The SMILES string of the molecule is Cc1ccc(S(=O)(=O)N2CCC[C@H](C(=O)N3CCCc4ccccc43)C2)s1. The zero-order valence-corrected chi connectivity index (χ0v) is 17.1. The lowest BCUT2D eigenvalue weighted by molar-refractivity contribution is -0.123. The van der Waals surface area contributed by atoms with E-state index in [1.165, 1.54) is 21.2 Å². The molecule has 1 amide bonds. The summed E-state index contributed by atoms with van der Waals surface area (Å²) in [5.41, 5.74) is 2.19. The van der Waals surface area contributed by atoms with Gasteiger partial charge in [0.2, 0.25) is 5.91 Å². The maximum absolute atomic E-state index is 13.2. The Kier molecular flexibility index (Phi) is 5.09. The second-order valence-corrected chi connectivity index (χ2v) is 10.7. The number of anilines is 1. The molecule has 2 aromatic rings. The van der Waals surface area contributed by atoms with Crippen LogP contribution in [0.5, 0.6) is 0 Å². The minimum absolute atomic E-state index is 0.0596. The average molecular weight is 405 g/mol. The van der Waals surface area contributed by atoms with Crippen LogP contribution in [0.1, 0.15) is 29.7 Å². The Bertz CT molecular complexity index is 952. The molecular weight excluding hydrogens is 380 g/mol. The molecule has 1 aromatic heterocycles. The second kappa shape index (κ2) is 7.37. The second-order valence-electron chi connectivity index (χ2n) is 7.29. The van der Waals surface area contributed by atoms with E-state index in [1.54, 1.807) is 6.07 Å². The van der Waals surface area contributed by atoms with Gasteiger partial charge in [-0.05, 0) is 56.4 Å². The van der Waals surface area contributed by atoms with Crippen LogP contribution in [0, 0.1) is 12.8 Å². The zero-order valence-electron chi connectivity index (χ0n) is 15.4. The van der Waals surface area contributed by atoms with Crippen LogP contribution in [-0.2, 0) is 21.2 Å². The molecule has 1 saturated heterocycles. The minimum atomic E-state index is -3.52. The topological polar surface area (TPSA) is 57.7 Å². The number of nitrogens with zero attached hydrogens (tertiary/aromatic N) is 2. The largest absolute Gasteiger partial charge is 0.312 e. The zero-order chi connectivity index (χ0) is 19.0. The highest BCUT2D eigenvalue weighted by Crippen LogP contribution is 2.32. The monoisotopic (exact) mass is 404 g/mol. The highest BCUT2D eigenvalue weighted by molar-refractivity contribution is 7.91. The summed E-state index contributed by atoms with van der Waals surface area (Å²) in [7, 11) is -3.52. The molecular formula is C20H24N2O3S2. The van der Waals surface area contributed by atoms with Gasteiger partial charge in [0.05, 0.1) is 5.92 Å². The molecule has 5 nitrogen and oxygen atoms in total. The van der Waals surface area contributed by atoms with Crippen molar-refractivity contribution in [3.63, 3.8) is 0 Å². The Morgan fingerprint density at radius 3 is 2.70 bits per heavy atom. The van der Waals surface area contributed by atoms with Crippen molar-refractivity contribution in [2.75, 3.05) is 24.5 Å². The first-order chi connectivity index (χ1) is 13.0. The number of fused-ring (bicyclic) bond motifs is 1. The molecule has 0 saturated carbocycles. The smallest absolute Gasteiger partial charge is 0.252 e. The van der Waals surface area contributed by atoms with Crippen LogP contribution in [0.3, 0.4) is 0 Å². The van der Waals surface area contributed by atoms with Gasteiger partial charge >= 0.3 is 0 Å². The molecule has 0 N–H and O–H groups in total. The van der Waals surface area contributed by atoms with E-state index in [2.05, 4.69) is 6.07 Å². The number of rotatable bonds is 3. The first-order valence-corrected chi connectivity index (χ1v) is 11.7. The van der Waals surface area contributed by atoms with Crippen LogP contribution >= 0.6 is 11.3 Å². The lowest BCUT2D eigenvalue weighted by Gasteiger charge is -2.36. The van der Waals surface area contributed by atoms with Crippen molar-refractivity contribution in [1.82, 2.24) is 4.31 Å². The molecule has 0 radical (unpaired) electrons. The van der Waals surface area contributed by atoms with Crippen LogP contribution in [0.15, 0.2) is 40.6 Å². The van der Waals surface area contributed by atoms with Crippen LogP contribution in [0.2, 0.25) is 0 Å². The highest BCUT2D eigenvalue weighted by Gasteiger charge is 2.36. The van der Waals surface area contributed by atoms with Crippen molar-refractivity contribution >= 4 is 33.0 Å². The molecule has 4 rings (SSSR count). The number of para-hydroxylation sites is 1. The van der Waals surface area contributed by atoms with Crippen LogP contribution in [-0.4, -0.2) is 38.3 Å². The van der Waals surface area contributed by atoms with Crippen molar-refractivity contribution in [1.29, 1.82) is 0 Å². The van der Waals surface area contributed by atoms with Gasteiger partial charge in [-0.25, -0.2) is 8.42 Å². The van der Waals surface area contributed by atoms with E-state index in [0.29, 0.717) is 17.3 Å². The molecule has 27 heavy (non-hydrogen) atoms. The van der Waals surface area contributed by atoms with Gasteiger partial charge in [0.15, 0.2) is 0 Å². The number of carbonyl (C=O) groups is 1. The van der Waals surface area contributed by atoms with E-state index in [4.69, 9.17) is 0 Å². The highest BCUT2D eigenvalue weighted by atomic mass is 32.2. The summed E-state index contributed by atoms with van der Waals surface area (Å²) in [5, 5.41) is 0. The fraction of sp³-hybridized carbons (Fsp3) is 0.450. The number of amides is 1. The average Bonchev–Trinajstić information content (AvgIpc) is 3.14. The quantitative estimate of drug-likeness (QED) is 0.787. The van der Waals surface area contributed by atoms with Crippen LogP contribution < -0.4 is 4.90 Å². The molecule has 0 spiro atoms. The molecule has 1 fully saturated rings. The lowest BCUT2D eigenvalue weighted by atomic mass is 9.95. The first-order valence-electron chi connectivity index (χ1n) is 9.43. The first kappa shape index (κ1) is 18.7. The van der Waals surface area contributed by atoms with Crippen molar-refractivity contribution in [2.24, 2.45) is 5.92 Å². The summed E-state index contributed by atoms with van der Waals surface area (Å²) >= 11 is 1.29. The van der Waals surface area contributed by atoms with Gasteiger partial charge in [0.1, 0.15) is 4.21 Å². The molecule has 0 aliphatic carbocycles. The summed E-state index contributed by atoms with van der Waals surface area (Å²) in [4.78, 5) is 16.1. The Hall–Kier alpha value is -1.70. The van der Waals surface area contributed by atoms with Gasteiger partial charge in [0, 0.05) is 30.2 Å². The number of hydrogen-bond donors (Lipinski definition) is 0. The van der Waals surface area contributed by atoms with E-state index in [0.717, 1.165) is 36.2 Å². The fourth-order valence-corrected chi connectivity index (χ4v) is 6.98. The third-order valence-electron chi connectivity index (χ3n) is 5.42. The Labute approximate surface area is 164 Å². The Balaban J connectivity index is 1.54. The number of benzene rings is 1. The minimum Gasteiger partial charge on any atom is -0.312 e. The standard InChI is InChI=1S/C20H24N2O3S2/c1-15-10-11-19(26-15)27(24,25)21-12-4-8-17(14-21)20(23)22-13-5-7-16-6-2-3-9-18(16)22/h2-3,6,9-11,17H,4-5,7-8,12-14H2,1H3/t17-/m0/s1. The van der Waals surface area contributed by atoms with E-state index in [9.17, 15) is 13.2 Å². The van der Waals surface area contributed by atoms with Crippen molar-refractivity contribution in [2.45, 2.75) is 36.8 Å². The molecule has 2 aliphatic rings. The molecule has 0 unspecified atom stereocenters. The Morgan fingerprint density at radius 1 is 1.11 bits per heavy atom. The van der Waals surface area contributed by atoms with Gasteiger partial charge in [-0.3, -0.25) is 4.79 Å². The van der Waals surface area contributed by atoms with E-state index in [-0.39, 0.29) is 18.4 Å². The maximum atomic E-state index is 13.2. The van der Waals surface area contributed by atoms with E-state index in [1.807, 2.05) is 36.1 Å². The number of sulfonamides is 1. The van der Waals surface area contributed by atoms with Crippen molar-refractivity contribution in [3.05, 3.63) is 46.8 Å². The summed E-state index contributed by atoms with van der Waals surface area (Å²) in [6.45, 7) is 3.37. The predicted octanol–water partition coefficient (Wildman–Crippen LogP) is 3.44. The summed E-state index contributed by atoms with van der Waals surface area (Å²) in [6, 6.07) is 11.5. The number of piperidine rings is 1. The predicted molar refractivity (Wildman–Crippen MR) is 108 cm³/mol. The van der Waals surface area contributed by atoms with Gasteiger partial charge in [-0.15, -0.1) is 11.3 Å². The molecule has 144 valence electrons. The van der Waals surface area contributed by atoms with Gasteiger partial charge in [-0.1, -0.05) is 18.2 Å². The molecule has 1 atom stereocenters. The fourth-order valence-electron chi connectivity index (χ4n) is 4.02. The molecule has 7 heteroatoms. The molecule has 0 bridgehead atoms. The Morgan fingerprint density at radius 2 is 1.93 bits per heavy atom. The number of aryl methyl sites for hydroxylation is 2.